The second kappa shape index (κ2) is 4.75. The normalized spacial score (nSPS) is 22.1. The fourth-order valence-electron chi connectivity index (χ4n) is 2.43. The van der Waals surface area contributed by atoms with Gasteiger partial charge in [-0.15, -0.1) is 5.10 Å². The molecule has 1 aliphatic rings. The molecule has 2 N–H and O–H groups in total. The van der Waals surface area contributed by atoms with E-state index in [9.17, 15) is 0 Å². The molecule has 7 heteroatoms. The van der Waals surface area contributed by atoms with Gasteiger partial charge in [-0.25, -0.2) is 4.68 Å². The number of hydrogen-bond donors (Lipinski definition) is 1. The Kier molecular flexibility index (Phi) is 3.06. The lowest BCUT2D eigenvalue weighted by Gasteiger charge is -2.23. The van der Waals surface area contributed by atoms with E-state index in [0.29, 0.717) is 30.5 Å². The first-order chi connectivity index (χ1) is 9.64. The minimum atomic E-state index is -0.231. The fourth-order valence-corrected chi connectivity index (χ4v) is 2.43. The van der Waals surface area contributed by atoms with Crippen LogP contribution in [0.4, 0.5) is 5.69 Å². The van der Waals surface area contributed by atoms with Crippen LogP contribution in [0, 0.1) is 0 Å². The van der Waals surface area contributed by atoms with E-state index in [1.165, 1.54) is 0 Å². The van der Waals surface area contributed by atoms with Gasteiger partial charge in [-0.3, -0.25) is 0 Å². The molecule has 1 aromatic carbocycles. The summed E-state index contributed by atoms with van der Waals surface area (Å²) < 4.78 is 12.7. The van der Waals surface area contributed by atoms with Crippen molar-refractivity contribution in [2.75, 3.05) is 26.1 Å². The topological polar surface area (TPSA) is 88.1 Å². The van der Waals surface area contributed by atoms with Crippen LogP contribution in [0.2, 0.25) is 0 Å². The number of ether oxygens (including phenoxy) is 2. The van der Waals surface area contributed by atoms with E-state index >= 15 is 0 Å². The minimum Gasteiger partial charge on any atom is -0.496 e. The summed E-state index contributed by atoms with van der Waals surface area (Å²) in [5.74, 6) is 1.32. The van der Waals surface area contributed by atoms with Crippen LogP contribution in [0.3, 0.4) is 0 Å². The summed E-state index contributed by atoms with van der Waals surface area (Å²) >= 11 is 0. The standard InChI is InChI=1S/C13H17N5O2/c1-13(5-6-20-8-13)18-12(15-16-17-18)10-4-3-9(14)7-11(10)19-2/h3-4,7H,5-6,8,14H2,1-2H3. The maximum Gasteiger partial charge on any atom is 0.186 e. The van der Waals surface area contributed by atoms with Crippen molar-refractivity contribution < 1.29 is 9.47 Å². The van der Waals surface area contributed by atoms with Crippen LogP contribution in [0.15, 0.2) is 18.2 Å². The molecule has 0 bridgehead atoms. The summed E-state index contributed by atoms with van der Waals surface area (Å²) in [6.45, 7) is 3.40. The summed E-state index contributed by atoms with van der Waals surface area (Å²) in [7, 11) is 1.60. The van der Waals surface area contributed by atoms with Crippen LogP contribution < -0.4 is 10.5 Å². The molecule has 3 rings (SSSR count). The third-order valence-electron chi connectivity index (χ3n) is 3.65. The van der Waals surface area contributed by atoms with Crippen LogP contribution in [-0.4, -0.2) is 40.5 Å². The average molecular weight is 275 g/mol. The van der Waals surface area contributed by atoms with Gasteiger partial charge in [0.25, 0.3) is 0 Å². The number of nitrogens with two attached hydrogens (primary N) is 1. The van der Waals surface area contributed by atoms with Crippen molar-refractivity contribution in [1.29, 1.82) is 0 Å². The molecule has 1 atom stereocenters. The summed E-state index contributed by atoms with van der Waals surface area (Å²) in [6.07, 6.45) is 0.877. The third kappa shape index (κ3) is 2.00. The molecule has 20 heavy (non-hydrogen) atoms. The number of aromatic nitrogens is 4. The molecule has 2 aromatic rings. The summed E-state index contributed by atoms with van der Waals surface area (Å²) in [4.78, 5) is 0. The molecule has 1 fully saturated rings. The van der Waals surface area contributed by atoms with Crippen molar-refractivity contribution in [3.05, 3.63) is 18.2 Å². The number of benzene rings is 1. The van der Waals surface area contributed by atoms with E-state index in [0.717, 1.165) is 12.0 Å². The smallest absolute Gasteiger partial charge is 0.186 e. The van der Waals surface area contributed by atoms with E-state index in [4.69, 9.17) is 15.2 Å². The molecule has 1 aliphatic heterocycles. The Morgan fingerprint density at radius 2 is 2.30 bits per heavy atom. The van der Waals surface area contributed by atoms with Gasteiger partial charge in [0.15, 0.2) is 5.82 Å². The number of rotatable bonds is 3. The summed E-state index contributed by atoms with van der Waals surface area (Å²) in [5.41, 5.74) is 7.01. The maximum absolute atomic E-state index is 5.78. The van der Waals surface area contributed by atoms with E-state index in [1.54, 1.807) is 13.2 Å². The van der Waals surface area contributed by atoms with Gasteiger partial charge in [-0.2, -0.15) is 0 Å². The van der Waals surface area contributed by atoms with Crippen molar-refractivity contribution in [3.8, 4) is 17.1 Å². The zero-order valence-electron chi connectivity index (χ0n) is 11.5. The van der Waals surface area contributed by atoms with E-state index in [1.807, 2.05) is 16.8 Å². The Labute approximate surface area is 116 Å². The van der Waals surface area contributed by atoms with E-state index < -0.39 is 0 Å². The molecule has 1 aromatic heterocycles. The van der Waals surface area contributed by atoms with Crippen LogP contribution in [0.25, 0.3) is 11.4 Å². The zero-order valence-corrected chi connectivity index (χ0v) is 11.5. The molecular weight excluding hydrogens is 258 g/mol. The molecular formula is C13H17N5O2. The highest BCUT2D eigenvalue weighted by molar-refractivity contribution is 5.68. The van der Waals surface area contributed by atoms with Gasteiger partial charge in [-0.1, -0.05) is 0 Å². The quantitative estimate of drug-likeness (QED) is 0.843. The SMILES string of the molecule is COc1cc(N)ccc1-c1nnnn1C1(C)CCOC1. The molecule has 0 spiro atoms. The lowest BCUT2D eigenvalue weighted by Crippen LogP contribution is -2.32. The second-order valence-electron chi connectivity index (χ2n) is 5.17. The van der Waals surface area contributed by atoms with Gasteiger partial charge in [0.2, 0.25) is 0 Å². The summed E-state index contributed by atoms with van der Waals surface area (Å²) in [6, 6.07) is 5.45. The Hall–Kier alpha value is -2.15. The Balaban J connectivity index is 2.10. The van der Waals surface area contributed by atoms with Gasteiger partial charge in [0.05, 0.1) is 24.8 Å². The van der Waals surface area contributed by atoms with Crippen LogP contribution in [0.1, 0.15) is 13.3 Å². The van der Waals surface area contributed by atoms with Crippen molar-refractivity contribution >= 4 is 5.69 Å². The second-order valence-corrected chi connectivity index (χ2v) is 5.17. The lowest BCUT2D eigenvalue weighted by atomic mass is 10.0. The molecule has 0 amide bonds. The lowest BCUT2D eigenvalue weighted by molar-refractivity contribution is 0.155. The molecule has 2 heterocycles. The number of nitrogen functional groups attached to an aromatic ring is 1. The van der Waals surface area contributed by atoms with Gasteiger partial charge in [0, 0.05) is 18.4 Å². The first kappa shape index (κ1) is 12.9. The van der Waals surface area contributed by atoms with Crippen molar-refractivity contribution in [1.82, 2.24) is 20.2 Å². The van der Waals surface area contributed by atoms with Gasteiger partial charge < -0.3 is 15.2 Å². The molecule has 106 valence electrons. The van der Waals surface area contributed by atoms with Crippen LogP contribution >= 0.6 is 0 Å². The van der Waals surface area contributed by atoms with Gasteiger partial charge in [0.1, 0.15) is 5.75 Å². The van der Waals surface area contributed by atoms with Crippen LogP contribution in [-0.2, 0) is 10.3 Å². The predicted molar refractivity (Wildman–Crippen MR) is 73.3 cm³/mol. The Morgan fingerprint density at radius 1 is 1.45 bits per heavy atom. The van der Waals surface area contributed by atoms with Crippen molar-refractivity contribution in [3.63, 3.8) is 0 Å². The minimum absolute atomic E-state index is 0.231. The highest BCUT2D eigenvalue weighted by Crippen LogP contribution is 2.34. The first-order valence-corrected chi connectivity index (χ1v) is 6.44. The molecule has 1 unspecified atom stereocenters. The molecule has 1 saturated heterocycles. The Morgan fingerprint density at radius 3 is 3.00 bits per heavy atom. The number of nitrogens with zero attached hydrogens (tertiary/aromatic N) is 4. The molecule has 0 radical (unpaired) electrons. The Bertz CT molecular complexity index is 619. The molecule has 7 nitrogen and oxygen atoms in total. The van der Waals surface area contributed by atoms with Gasteiger partial charge >= 0.3 is 0 Å². The van der Waals surface area contributed by atoms with Gasteiger partial charge in [-0.05, 0) is 35.9 Å². The van der Waals surface area contributed by atoms with E-state index in [-0.39, 0.29) is 5.54 Å². The van der Waals surface area contributed by atoms with Crippen molar-refractivity contribution in [2.24, 2.45) is 0 Å². The number of tetrazole rings is 1. The van der Waals surface area contributed by atoms with Crippen molar-refractivity contribution in [2.45, 2.75) is 18.9 Å². The highest BCUT2D eigenvalue weighted by atomic mass is 16.5. The number of hydrogen-bond acceptors (Lipinski definition) is 6. The predicted octanol–water partition coefficient (Wildman–Crippen LogP) is 1.07. The zero-order chi connectivity index (χ0) is 14.2. The largest absolute Gasteiger partial charge is 0.496 e. The fraction of sp³-hybridized carbons (Fsp3) is 0.462. The monoisotopic (exact) mass is 275 g/mol. The van der Waals surface area contributed by atoms with E-state index in [2.05, 4.69) is 22.4 Å². The molecule has 0 saturated carbocycles. The average Bonchev–Trinajstić information content (AvgIpc) is 3.08. The highest BCUT2D eigenvalue weighted by Gasteiger charge is 2.35. The summed E-state index contributed by atoms with van der Waals surface area (Å²) in [5, 5.41) is 12.1. The van der Waals surface area contributed by atoms with Crippen LogP contribution in [0.5, 0.6) is 5.75 Å². The third-order valence-corrected chi connectivity index (χ3v) is 3.65. The molecule has 0 aliphatic carbocycles. The number of methoxy groups -OCH3 is 1. The first-order valence-electron chi connectivity index (χ1n) is 6.44. The number of anilines is 1. The maximum atomic E-state index is 5.78.